The number of rotatable bonds is 4. The zero-order valence-corrected chi connectivity index (χ0v) is 14.8. The number of esters is 1. The molecule has 0 bridgehead atoms. The highest BCUT2D eigenvalue weighted by Gasteiger charge is 2.26. The van der Waals surface area contributed by atoms with Gasteiger partial charge in [-0.2, -0.15) is 0 Å². The van der Waals surface area contributed by atoms with Crippen LogP contribution in [-0.2, 0) is 16.0 Å². The summed E-state index contributed by atoms with van der Waals surface area (Å²) in [7, 11) is 0. The van der Waals surface area contributed by atoms with Crippen molar-refractivity contribution in [2.45, 2.75) is 38.3 Å². The van der Waals surface area contributed by atoms with Crippen molar-refractivity contribution in [2.24, 2.45) is 0 Å². The van der Waals surface area contributed by atoms with Gasteiger partial charge in [0.1, 0.15) is 0 Å². The molecule has 0 aliphatic heterocycles. The van der Waals surface area contributed by atoms with E-state index in [9.17, 15) is 9.59 Å². The van der Waals surface area contributed by atoms with Crippen molar-refractivity contribution in [1.82, 2.24) is 5.32 Å². The first-order valence-corrected chi connectivity index (χ1v) is 8.68. The maximum Gasteiger partial charge on any atom is 0.375 e. The quantitative estimate of drug-likeness (QED) is 0.805. The number of carbonyl (C=O) groups excluding carboxylic acids is 2. The lowest BCUT2D eigenvalue weighted by atomic mass is 9.87. The lowest BCUT2D eigenvalue weighted by molar-refractivity contribution is -0.130. The van der Waals surface area contributed by atoms with E-state index in [1.165, 1.54) is 11.6 Å². The first kappa shape index (κ1) is 16.8. The van der Waals surface area contributed by atoms with Gasteiger partial charge in [0.05, 0.1) is 6.04 Å². The van der Waals surface area contributed by atoms with Crippen LogP contribution < -0.4 is 5.32 Å². The number of aryl methyl sites for hydroxylation is 1. The van der Waals surface area contributed by atoms with Crippen LogP contribution in [0.15, 0.2) is 45.5 Å². The third kappa shape index (κ3) is 3.70. The molecule has 6 heteroatoms. The molecule has 126 valence electrons. The number of ether oxygens (including phenoxy) is 1. The fourth-order valence-electron chi connectivity index (χ4n) is 2.89. The average molecular weight is 392 g/mol. The molecule has 3 rings (SSSR count). The van der Waals surface area contributed by atoms with Gasteiger partial charge in [-0.05, 0) is 65.4 Å². The largest absolute Gasteiger partial charge is 0.447 e. The van der Waals surface area contributed by atoms with E-state index in [1.54, 1.807) is 13.0 Å². The molecule has 1 aliphatic rings. The highest BCUT2D eigenvalue weighted by molar-refractivity contribution is 9.10. The maximum absolute atomic E-state index is 12.4. The molecule has 0 radical (unpaired) electrons. The van der Waals surface area contributed by atoms with E-state index in [4.69, 9.17) is 9.15 Å². The number of furan rings is 1. The lowest BCUT2D eigenvalue weighted by Crippen LogP contribution is -2.39. The summed E-state index contributed by atoms with van der Waals surface area (Å²) >= 11 is 3.12. The molecule has 0 saturated carbocycles. The van der Waals surface area contributed by atoms with Crippen molar-refractivity contribution >= 4 is 27.8 Å². The van der Waals surface area contributed by atoms with E-state index in [0.717, 1.165) is 24.8 Å². The first-order chi connectivity index (χ1) is 11.5. The summed E-state index contributed by atoms with van der Waals surface area (Å²) in [5.74, 6) is -0.910. The van der Waals surface area contributed by atoms with Crippen LogP contribution in [0.2, 0.25) is 0 Å². The zero-order valence-electron chi connectivity index (χ0n) is 13.3. The standard InChI is InChI=1S/C18H18BrNO4/c1-11(23-18(22)15-9-10-16(19)24-15)17(21)20-14-8-4-6-12-5-2-3-7-13(12)14/h2-3,5,7,9-11,14H,4,6,8H2,1H3,(H,20,21)/t11-,14+/m0/s1. The van der Waals surface area contributed by atoms with Crippen molar-refractivity contribution in [3.05, 3.63) is 58.0 Å². The maximum atomic E-state index is 12.4. The third-order valence-corrected chi connectivity index (χ3v) is 4.54. The molecule has 1 aromatic heterocycles. The molecule has 5 nitrogen and oxygen atoms in total. The van der Waals surface area contributed by atoms with Gasteiger partial charge in [0, 0.05) is 0 Å². The van der Waals surface area contributed by atoms with Crippen LogP contribution in [-0.4, -0.2) is 18.0 Å². The van der Waals surface area contributed by atoms with E-state index >= 15 is 0 Å². The van der Waals surface area contributed by atoms with Gasteiger partial charge in [-0.25, -0.2) is 4.79 Å². The third-order valence-electron chi connectivity index (χ3n) is 4.11. The van der Waals surface area contributed by atoms with E-state index in [1.807, 2.05) is 18.2 Å². The van der Waals surface area contributed by atoms with E-state index in [0.29, 0.717) is 4.67 Å². The molecule has 0 saturated heterocycles. The van der Waals surface area contributed by atoms with Crippen LogP contribution in [0.4, 0.5) is 0 Å². The fourth-order valence-corrected chi connectivity index (χ4v) is 3.20. The molecule has 2 aromatic rings. The van der Waals surface area contributed by atoms with E-state index in [2.05, 4.69) is 27.3 Å². The Morgan fingerprint density at radius 2 is 2.08 bits per heavy atom. The SMILES string of the molecule is C[C@H](OC(=O)c1ccc(Br)o1)C(=O)N[C@@H]1CCCc2ccccc21. The molecular weight excluding hydrogens is 374 g/mol. The topological polar surface area (TPSA) is 68.5 Å². The average Bonchev–Trinajstić information content (AvgIpc) is 3.01. The van der Waals surface area contributed by atoms with Crippen molar-refractivity contribution in [3.8, 4) is 0 Å². The summed E-state index contributed by atoms with van der Waals surface area (Å²) in [5.41, 5.74) is 2.41. The zero-order chi connectivity index (χ0) is 17.1. The van der Waals surface area contributed by atoms with Gasteiger partial charge < -0.3 is 14.5 Å². The number of halogens is 1. The van der Waals surface area contributed by atoms with Crippen molar-refractivity contribution < 1.29 is 18.7 Å². The Bertz CT molecular complexity index is 755. The summed E-state index contributed by atoms with van der Waals surface area (Å²) in [6.07, 6.45) is 2.04. The van der Waals surface area contributed by atoms with Gasteiger partial charge in [-0.3, -0.25) is 4.79 Å². The summed E-state index contributed by atoms with van der Waals surface area (Å²) in [5, 5.41) is 2.98. The monoisotopic (exact) mass is 391 g/mol. The number of carbonyl (C=O) groups is 2. The fraction of sp³-hybridized carbons (Fsp3) is 0.333. The minimum absolute atomic E-state index is 0.0404. The van der Waals surface area contributed by atoms with Gasteiger partial charge in [-0.1, -0.05) is 24.3 Å². The predicted octanol–water partition coefficient (Wildman–Crippen LogP) is 3.78. The Balaban J connectivity index is 1.62. The van der Waals surface area contributed by atoms with Crippen LogP contribution in [0.3, 0.4) is 0 Å². The Morgan fingerprint density at radius 1 is 1.29 bits per heavy atom. The normalized spacial score (nSPS) is 17.7. The Kier molecular flexibility index (Phi) is 5.04. The van der Waals surface area contributed by atoms with Crippen LogP contribution in [0.25, 0.3) is 0 Å². The molecule has 1 aliphatic carbocycles. The van der Waals surface area contributed by atoms with Gasteiger partial charge >= 0.3 is 5.97 Å². The number of hydrogen-bond acceptors (Lipinski definition) is 4. The minimum Gasteiger partial charge on any atom is -0.447 e. The van der Waals surface area contributed by atoms with Crippen molar-refractivity contribution in [2.75, 3.05) is 0 Å². The van der Waals surface area contributed by atoms with Crippen LogP contribution in [0.5, 0.6) is 0 Å². The second-order valence-electron chi connectivity index (χ2n) is 5.80. The highest BCUT2D eigenvalue weighted by atomic mass is 79.9. The smallest absolute Gasteiger partial charge is 0.375 e. The first-order valence-electron chi connectivity index (χ1n) is 7.89. The summed E-state index contributed by atoms with van der Waals surface area (Å²) < 4.78 is 10.7. The van der Waals surface area contributed by atoms with Crippen LogP contribution in [0.1, 0.15) is 47.5 Å². The molecule has 1 N–H and O–H groups in total. The molecule has 0 fully saturated rings. The Labute approximate surface area is 148 Å². The second kappa shape index (κ2) is 7.21. The van der Waals surface area contributed by atoms with Crippen LogP contribution >= 0.6 is 15.9 Å². The molecule has 1 heterocycles. The molecular formula is C18H18BrNO4. The van der Waals surface area contributed by atoms with E-state index in [-0.39, 0.29) is 17.7 Å². The van der Waals surface area contributed by atoms with Crippen molar-refractivity contribution in [1.29, 1.82) is 0 Å². The number of fused-ring (bicyclic) bond motifs is 1. The highest BCUT2D eigenvalue weighted by Crippen LogP contribution is 2.29. The van der Waals surface area contributed by atoms with Gasteiger partial charge in [0.2, 0.25) is 5.76 Å². The molecule has 0 spiro atoms. The number of amides is 1. The Hall–Kier alpha value is -2.08. The van der Waals surface area contributed by atoms with Gasteiger partial charge in [-0.15, -0.1) is 0 Å². The summed E-state index contributed by atoms with van der Waals surface area (Å²) in [4.78, 5) is 24.3. The van der Waals surface area contributed by atoms with E-state index < -0.39 is 12.1 Å². The minimum atomic E-state index is -0.893. The predicted molar refractivity (Wildman–Crippen MR) is 91.5 cm³/mol. The molecule has 24 heavy (non-hydrogen) atoms. The lowest BCUT2D eigenvalue weighted by Gasteiger charge is -2.27. The Morgan fingerprint density at radius 3 is 2.83 bits per heavy atom. The number of nitrogens with one attached hydrogen (secondary N) is 1. The molecule has 2 atom stereocenters. The van der Waals surface area contributed by atoms with Crippen molar-refractivity contribution in [3.63, 3.8) is 0 Å². The molecule has 1 aromatic carbocycles. The van der Waals surface area contributed by atoms with Crippen LogP contribution in [0, 0.1) is 0 Å². The summed E-state index contributed by atoms with van der Waals surface area (Å²) in [6, 6.07) is 11.2. The molecule has 0 unspecified atom stereocenters. The molecule has 1 amide bonds. The van der Waals surface area contributed by atoms with Gasteiger partial charge in [0.25, 0.3) is 5.91 Å². The number of hydrogen-bond donors (Lipinski definition) is 1. The number of benzene rings is 1. The second-order valence-corrected chi connectivity index (χ2v) is 6.59. The van der Waals surface area contributed by atoms with Gasteiger partial charge in [0.15, 0.2) is 10.8 Å². The summed E-state index contributed by atoms with van der Waals surface area (Å²) in [6.45, 7) is 1.56.